The van der Waals surface area contributed by atoms with Gasteiger partial charge in [-0.1, -0.05) is 12.8 Å². The Morgan fingerprint density at radius 2 is 2.00 bits per heavy atom. The summed E-state index contributed by atoms with van der Waals surface area (Å²) in [6, 6.07) is 6.35. The number of unbranched alkanes of at least 4 members (excludes halogenated alkanes) is 3. The van der Waals surface area contributed by atoms with Crippen molar-refractivity contribution < 1.29 is 24.0 Å². The molecule has 2 rings (SSSR count). The highest BCUT2D eigenvalue weighted by Gasteiger charge is 2.30. The third-order valence-electron chi connectivity index (χ3n) is 5.61. The van der Waals surface area contributed by atoms with Gasteiger partial charge in [-0.25, -0.2) is 0 Å². The van der Waals surface area contributed by atoms with Crippen LogP contribution in [0.25, 0.3) is 0 Å². The average Bonchev–Trinajstić information content (AvgIpc) is 2.77. The Morgan fingerprint density at radius 1 is 1.24 bits per heavy atom. The third-order valence-corrected chi connectivity index (χ3v) is 5.61. The summed E-state index contributed by atoms with van der Waals surface area (Å²) in [6.45, 7) is 5.34. The number of benzene rings is 1. The Balaban J connectivity index is 1.72. The summed E-state index contributed by atoms with van der Waals surface area (Å²) in [5.74, 6) is -0.612. The van der Waals surface area contributed by atoms with Crippen LogP contribution in [0.5, 0.6) is 0 Å². The van der Waals surface area contributed by atoms with Gasteiger partial charge in [0, 0.05) is 45.5 Å². The Kier molecular flexibility index (Phi) is 10.6. The normalized spacial score (nSPS) is 18.2. The van der Waals surface area contributed by atoms with E-state index in [0.717, 1.165) is 45.2 Å². The van der Waals surface area contributed by atoms with E-state index in [1.54, 1.807) is 12.1 Å². The third kappa shape index (κ3) is 9.06. The van der Waals surface area contributed by atoms with Gasteiger partial charge in [0.05, 0.1) is 16.6 Å². The number of piperidine rings is 1. The SMILES string of the molecule is CC(=O)OCC1CC(OC(C)=O)CCN1CCCCCCNc1ccc(C#N)cc1[N+](=O)[O-]. The molecule has 1 aromatic carbocycles. The molecule has 1 aliphatic heterocycles. The summed E-state index contributed by atoms with van der Waals surface area (Å²) >= 11 is 0. The van der Waals surface area contributed by atoms with E-state index in [4.69, 9.17) is 14.7 Å². The lowest BCUT2D eigenvalue weighted by atomic mass is 9.99. The number of nitrogens with zero attached hydrogens (tertiary/aromatic N) is 3. The molecule has 0 aliphatic carbocycles. The molecule has 0 aromatic heterocycles. The van der Waals surface area contributed by atoms with Gasteiger partial charge in [-0.15, -0.1) is 0 Å². The van der Waals surface area contributed by atoms with Gasteiger partial charge in [0.1, 0.15) is 18.4 Å². The second-order valence-electron chi connectivity index (χ2n) is 8.19. The van der Waals surface area contributed by atoms with Gasteiger partial charge in [-0.3, -0.25) is 24.6 Å². The van der Waals surface area contributed by atoms with Crippen molar-refractivity contribution in [3.63, 3.8) is 0 Å². The number of hydrogen-bond acceptors (Lipinski definition) is 9. The second kappa shape index (κ2) is 13.4. The molecule has 0 amide bonds. The molecule has 0 radical (unpaired) electrons. The van der Waals surface area contributed by atoms with Crippen molar-refractivity contribution in [3.8, 4) is 6.07 Å². The van der Waals surface area contributed by atoms with Gasteiger partial charge in [0.25, 0.3) is 5.69 Å². The molecule has 180 valence electrons. The van der Waals surface area contributed by atoms with Crippen molar-refractivity contribution in [2.75, 3.05) is 31.6 Å². The number of ether oxygens (including phenoxy) is 2. The van der Waals surface area contributed by atoms with Crippen LogP contribution in [-0.2, 0) is 19.1 Å². The van der Waals surface area contributed by atoms with E-state index in [9.17, 15) is 19.7 Å². The van der Waals surface area contributed by atoms with E-state index >= 15 is 0 Å². The molecule has 0 saturated carbocycles. The van der Waals surface area contributed by atoms with E-state index in [0.29, 0.717) is 25.3 Å². The largest absolute Gasteiger partial charge is 0.464 e. The standard InChI is InChI=1S/C23H32N4O6/c1-17(28)32-16-20-14-21(33-18(2)29)9-12-26(20)11-6-4-3-5-10-25-22-8-7-19(15-24)13-23(22)27(30)31/h7-8,13,20-21,25H,3-6,9-12,14,16H2,1-2H3. The zero-order valence-corrected chi connectivity index (χ0v) is 19.2. The van der Waals surface area contributed by atoms with Crippen LogP contribution in [0.15, 0.2) is 18.2 Å². The number of hydrogen-bond donors (Lipinski definition) is 1. The van der Waals surface area contributed by atoms with Crippen LogP contribution < -0.4 is 5.32 Å². The number of nitro groups is 1. The molecule has 1 N–H and O–H groups in total. The van der Waals surface area contributed by atoms with Crippen molar-refractivity contribution in [1.29, 1.82) is 5.26 Å². The van der Waals surface area contributed by atoms with E-state index in [1.165, 1.54) is 19.9 Å². The molecule has 2 unspecified atom stereocenters. The molecule has 2 atom stereocenters. The molecular formula is C23H32N4O6. The Labute approximate surface area is 194 Å². The maximum absolute atomic E-state index is 11.3. The van der Waals surface area contributed by atoms with Crippen LogP contribution >= 0.6 is 0 Å². The lowest BCUT2D eigenvalue weighted by Gasteiger charge is -2.38. The Morgan fingerprint density at radius 3 is 2.67 bits per heavy atom. The topological polar surface area (TPSA) is 135 Å². The van der Waals surface area contributed by atoms with Gasteiger partial charge in [0.15, 0.2) is 0 Å². The first-order chi connectivity index (χ1) is 15.8. The molecular weight excluding hydrogens is 428 g/mol. The molecule has 33 heavy (non-hydrogen) atoms. The van der Waals surface area contributed by atoms with E-state index in [1.807, 2.05) is 6.07 Å². The fourth-order valence-corrected chi connectivity index (χ4v) is 4.00. The zero-order chi connectivity index (χ0) is 24.2. The van der Waals surface area contributed by atoms with Crippen LogP contribution in [0.3, 0.4) is 0 Å². The predicted octanol–water partition coefficient (Wildman–Crippen LogP) is 3.40. The number of carbonyl (C=O) groups excluding carboxylic acids is 2. The Hall–Kier alpha value is -3.19. The van der Waals surface area contributed by atoms with Crippen LogP contribution in [-0.4, -0.2) is 60.1 Å². The van der Waals surface area contributed by atoms with Crippen molar-refractivity contribution in [1.82, 2.24) is 4.90 Å². The first kappa shape index (κ1) is 26.1. The zero-order valence-electron chi connectivity index (χ0n) is 19.2. The van der Waals surface area contributed by atoms with Crippen molar-refractivity contribution in [2.24, 2.45) is 0 Å². The molecule has 10 heteroatoms. The highest BCUT2D eigenvalue weighted by Crippen LogP contribution is 2.25. The number of nitriles is 1. The highest BCUT2D eigenvalue weighted by molar-refractivity contribution is 5.66. The van der Waals surface area contributed by atoms with Crippen molar-refractivity contribution in [3.05, 3.63) is 33.9 Å². The van der Waals surface area contributed by atoms with E-state index in [2.05, 4.69) is 10.2 Å². The number of rotatable bonds is 12. The Bertz CT molecular complexity index is 869. The monoisotopic (exact) mass is 460 g/mol. The molecule has 1 saturated heterocycles. The summed E-state index contributed by atoms with van der Waals surface area (Å²) < 4.78 is 10.6. The van der Waals surface area contributed by atoms with Crippen LogP contribution in [0.1, 0.15) is 57.9 Å². The second-order valence-corrected chi connectivity index (χ2v) is 8.19. The minimum atomic E-state index is -0.486. The van der Waals surface area contributed by atoms with Gasteiger partial charge in [-0.2, -0.15) is 5.26 Å². The predicted molar refractivity (Wildman–Crippen MR) is 122 cm³/mol. The molecule has 1 fully saturated rings. The maximum Gasteiger partial charge on any atom is 0.302 e. The van der Waals surface area contributed by atoms with Gasteiger partial charge in [0.2, 0.25) is 0 Å². The number of anilines is 1. The van der Waals surface area contributed by atoms with Crippen molar-refractivity contribution >= 4 is 23.3 Å². The molecule has 0 spiro atoms. The first-order valence-electron chi connectivity index (χ1n) is 11.3. The smallest absolute Gasteiger partial charge is 0.302 e. The molecule has 1 heterocycles. The summed E-state index contributed by atoms with van der Waals surface area (Å²) in [5, 5.41) is 23.2. The summed E-state index contributed by atoms with van der Waals surface area (Å²) in [7, 11) is 0. The lowest BCUT2D eigenvalue weighted by Crippen LogP contribution is -2.48. The van der Waals surface area contributed by atoms with Crippen molar-refractivity contribution in [2.45, 2.75) is 64.5 Å². The summed E-state index contributed by atoms with van der Waals surface area (Å²) in [4.78, 5) is 35.5. The van der Waals surface area contributed by atoms with Gasteiger partial charge >= 0.3 is 11.9 Å². The molecule has 0 bridgehead atoms. The van der Waals surface area contributed by atoms with Gasteiger partial charge < -0.3 is 14.8 Å². The van der Waals surface area contributed by atoms with Gasteiger partial charge in [-0.05, 0) is 37.9 Å². The first-order valence-corrected chi connectivity index (χ1v) is 11.3. The number of likely N-dealkylation sites (tertiary alicyclic amines) is 1. The highest BCUT2D eigenvalue weighted by atomic mass is 16.6. The fourth-order valence-electron chi connectivity index (χ4n) is 4.00. The minimum absolute atomic E-state index is 0.0330. The molecule has 1 aromatic rings. The number of esters is 2. The van der Waals surface area contributed by atoms with Crippen LogP contribution in [0.2, 0.25) is 0 Å². The molecule has 1 aliphatic rings. The quantitative estimate of drug-likeness (QED) is 0.215. The van der Waals surface area contributed by atoms with E-state index in [-0.39, 0.29) is 35.3 Å². The lowest BCUT2D eigenvalue weighted by molar-refractivity contribution is -0.384. The number of nitro benzene ring substituents is 1. The maximum atomic E-state index is 11.3. The summed E-state index contributed by atoms with van der Waals surface area (Å²) in [5.41, 5.74) is 0.587. The van der Waals surface area contributed by atoms with E-state index < -0.39 is 4.92 Å². The molecule has 10 nitrogen and oxygen atoms in total. The number of nitrogens with one attached hydrogen (secondary N) is 1. The average molecular weight is 461 g/mol. The number of carbonyl (C=O) groups is 2. The fraction of sp³-hybridized carbons (Fsp3) is 0.609. The van der Waals surface area contributed by atoms with Crippen LogP contribution in [0, 0.1) is 21.4 Å². The minimum Gasteiger partial charge on any atom is -0.464 e. The van der Waals surface area contributed by atoms with Crippen LogP contribution in [0.4, 0.5) is 11.4 Å². The summed E-state index contributed by atoms with van der Waals surface area (Å²) in [6.07, 6.45) is 5.09.